The van der Waals surface area contributed by atoms with E-state index in [0.717, 1.165) is 0 Å². The fourth-order valence-electron chi connectivity index (χ4n) is 3.01. The van der Waals surface area contributed by atoms with Crippen LogP contribution in [0.1, 0.15) is 23.7 Å². The van der Waals surface area contributed by atoms with Gasteiger partial charge < -0.3 is 19.1 Å². The number of rotatable bonds is 9. The third-order valence-electron chi connectivity index (χ3n) is 4.40. The molecule has 0 aliphatic carbocycles. The first kappa shape index (κ1) is 22.3. The van der Waals surface area contributed by atoms with Crippen LogP contribution in [0.5, 0.6) is 11.5 Å². The largest absolute Gasteiger partial charge is 0.493 e. The molecule has 0 spiro atoms. The highest BCUT2D eigenvalue weighted by Crippen LogP contribution is 2.28. The second kappa shape index (κ2) is 10.5. The van der Waals surface area contributed by atoms with Crippen LogP contribution in [0, 0.1) is 0 Å². The zero-order valence-electron chi connectivity index (χ0n) is 16.3. The average Bonchev–Trinajstić information content (AvgIpc) is 2.67. The third-order valence-corrected chi connectivity index (χ3v) is 4.40. The Kier molecular flexibility index (Phi) is 8.37. The molecule has 0 aromatic heterocycles. The topological polar surface area (TPSA) is 51.2 Å². The molecule has 1 heterocycles. The monoisotopic (exact) mass is 404 g/mol. The summed E-state index contributed by atoms with van der Waals surface area (Å²) in [6.07, 6.45) is -3.75. The molecule has 0 saturated carbocycles. The van der Waals surface area contributed by atoms with Gasteiger partial charge in [-0.2, -0.15) is 13.2 Å². The lowest BCUT2D eigenvalue weighted by Crippen LogP contribution is -2.49. The van der Waals surface area contributed by atoms with E-state index >= 15 is 0 Å². The Labute approximate surface area is 163 Å². The quantitative estimate of drug-likeness (QED) is 0.593. The molecule has 28 heavy (non-hydrogen) atoms. The molecule has 1 aliphatic heterocycles. The van der Waals surface area contributed by atoms with Gasteiger partial charge in [-0.05, 0) is 31.5 Å². The van der Waals surface area contributed by atoms with Gasteiger partial charge >= 0.3 is 6.18 Å². The summed E-state index contributed by atoms with van der Waals surface area (Å²) in [5, 5.41) is 0. The summed E-state index contributed by atoms with van der Waals surface area (Å²) in [5.41, 5.74) is 0.540. The summed E-state index contributed by atoms with van der Waals surface area (Å²) < 4.78 is 51.4. The first-order chi connectivity index (χ1) is 13.3. The number of benzene rings is 1. The van der Waals surface area contributed by atoms with Crippen molar-refractivity contribution in [3.05, 3.63) is 23.8 Å². The molecule has 1 aromatic rings. The zero-order chi connectivity index (χ0) is 20.6. The van der Waals surface area contributed by atoms with Gasteiger partial charge in [0.15, 0.2) is 11.5 Å². The number of halogens is 3. The van der Waals surface area contributed by atoms with Crippen LogP contribution in [0.25, 0.3) is 0 Å². The normalized spacial score (nSPS) is 15.5. The van der Waals surface area contributed by atoms with E-state index in [1.807, 2.05) is 6.92 Å². The second-order valence-corrected chi connectivity index (χ2v) is 6.45. The van der Waals surface area contributed by atoms with Crippen molar-refractivity contribution in [2.24, 2.45) is 0 Å². The Balaban J connectivity index is 1.78. The van der Waals surface area contributed by atoms with Gasteiger partial charge in [0.2, 0.25) is 0 Å². The number of ether oxygens (including phenoxy) is 3. The zero-order valence-corrected chi connectivity index (χ0v) is 16.3. The number of amides is 1. The molecule has 1 aliphatic rings. The van der Waals surface area contributed by atoms with Gasteiger partial charge in [-0.3, -0.25) is 9.69 Å². The van der Waals surface area contributed by atoms with Crippen LogP contribution in [0.15, 0.2) is 18.2 Å². The molecule has 0 radical (unpaired) electrons. The van der Waals surface area contributed by atoms with Crippen LogP contribution in [0.4, 0.5) is 13.2 Å². The molecule has 1 aromatic carbocycles. The molecule has 0 atom stereocenters. The van der Waals surface area contributed by atoms with Crippen LogP contribution in [0.2, 0.25) is 0 Å². The number of alkyl halides is 3. The Bertz CT molecular complexity index is 632. The molecule has 0 unspecified atom stereocenters. The summed E-state index contributed by atoms with van der Waals surface area (Å²) >= 11 is 0. The molecular weight excluding hydrogens is 377 g/mol. The van der Waals surface area contributed by atoms with Crippen molar-refractivity contribution in [2.75, 3.05) is 59.7 Å². The van der Waals surface area contributed by atoms with Crippen molar-refractivity contribution in [2.45, 2.75) is 19.5 Å². The van der Waals surface area contributed by atoms with Gasteiger partial charge in [0.05, 0.1) is 13.7 Å². The molecule has 0 bridgehead atoms. The predicted octanol–water partition coefficient (Wildman–Crippen LogP) is 2.82. The Hall–Kier alpha value is -2.00. The number of hydrogen-bond acceptors (Lipinski definition) is 5. The summed E-state index contributed by atoms with van der Waals surface area (Å²) in [4.78, 5) is 16.6. The van der Waals surface area contributed by atoms with Gasteiger partial charge in [0.25, 0.3) is 5.91 Å². The molecule has 9 heteroatoms. The maximum atomic E-state index is 12.7. The summed E-state index contributed by atoms with van der Waals surface area (Å²) in [7, 11) is 1.55. The van der Waals surface area contributed by atoms with Crippen molar-refractivity contribution in [3.8, 4) is 11.5 Å². The number of nitrogens with zero attached hydrogens (tertiary/aromatic N) is 2. The number of carbonyl (C=O) groups excluding carboxylic acids is 1. The number of hydrogen-bond donors (Lipinski definition) is 0. The van der Waals surface area contributed by atoms with Crippen LogP contribution >= 0.6 is 0 Å². The Morgan fingerprint density at radius 3 is 2.46 bits per heavy atom. The van der Waals surface area contributed by atoms with Crippen LogP contribution in [-0.2, 0) is 4.74 Å². The summed E-state index contributed by atoms with van der Waals surface area (Å²) in [5.74, 6) is 1.04. The van der Waals surface area contributed by atoms with E-state index in [9.17, 15) is 18.0 Å². The van der Waals surface area contributed by atoms with Gasteiger partial charge in [0.1, 0.15) is 6.61 Å². The third kappa shape index (κ3) is 6.87. The van der Waals surface area contributed by atoms with Crippen LogP contribution in [0.3, 0.4) is 0 Å². The van der Waals surface area contributed by atoms with Crippen molar-refractivity contribution >= 4 is 5.91 Å². The molecule has 0 N–H and O–H groups in total. The van der Waals surface area contributed by atoms with E-state index in [4.69, 9.17) is 9.47 Å². The standard InChI is InChI=1S/C19H27F3N2O4/c1-3-28-17-13-15(5-6-16(17)26-2)18(25)24-10-8-23(9-11-24)7-4-12-27-14-19(20,21)22/h5-6,13H,3-4,7-12,14H2,1-2H3. The molecule has 1 fully saturated rings. The van der Waals surface area contributed by atoms with Crippen LogP contribution in [-0.4, -0.2) is 81.5 Å². The average molecular weight is 404 g/mol. The van der Waals surface area contributed by atoms with Crippen LogP contribution < -0.4 is 9.47 Å². The minimum atomic E-state index is -4.28. The van der Waals surface area contributed by atoms with Crippen molar-refractivity contribution in [1.29, 1.82) is 0 Å². The minimum Gasteiger partial charge on any atom is -0.493 e. The lowest BCUT2D eigenvalue weighted by Gasteiger charge is -2.34. The van der Waals surface area contributed by atoms with Gasteiger partial charge in [0, 0.05) is 44.9 Å². The van der Waals surface area contributed by atoms with E-state index in [2.05, 4.69) is 9.64 Å². The van der Waals surface area contributed by atoms with Gasteiger partial charge in [-0.15, -0.1) is 0 Å². The Morgan fingerprint density at radius 2 is 1.86 bits per heavy atom. The fraction of sp³-hybridized carbons (Fsp3) is 0.632. The highest BCUT2D eigenvalue weighted by atomic mass is 19.4. The van der Waals surface area contributed by atoms with E-state index in [1.165, 1.54) is 0 Å². The van der Waals surface area contributed by atoms with E-state index < -0.39 is 12.8 Å². The SMILES string of the molecule is CCOc1cc(C(=O)N2CCN(CCCOCC(F)(F)F)CC2)ccc1OC. The first-order valence-corrected chi connectivity index (χ1v) is 9.31. The molecular formula is C19H27F3N2O4. The fourth-order valence-corrected chi connectivity index (χ4v) is 3.01. The van der Waals surface area contributed by atoms with Crippen molar-refractivity contribution in [3.63, 3.8) is 0 Å². The number of methoxy groups -OCH3 is 1. The lowest BCUT2D eigenvalue weighted by atomic mass is 10.1. The maximum Gasteiger partial charge on any atom is 0.411 e. The van der Waals surface area contributed by atoms with Crippen molar-refractivity contribution < 1.29 is 32.2 Å². The summed E-state index contributed by atoms with van der Waals surface area (Å²) in [6.45, 7) is 4.35. The smallest absolute Gasteiger partial charge is 0.411 e. The van der Waals surface area contributed by atoms with Gasteiger partial charge in [-0.1, -0.05) is 0 Å². The lowest BCUT2D eigenvalue weighted by molar-refractivity contribution is -0.174. The molecule has 6 nitrogen and oxygen atoms in total. The molecule has 158 valence electrons. The highest BCUT2D eigenvalue weighted by molar-refractivity contribution is 5.95. The summed E-state index contributed by atoms with van der Waals surface area (Å²) in [6, 6.07) is 5.12. The highest BCUT2D eigenvalue weighted by Gasteiger charge is 2.27. The predicted molar refractivity (Wildman–Crippen MR) is 98.0 cm³/mol. The molecule has 1 saturated heterocycles. The number of carbonyl (C=O) groups is 1. The van der Waals surface area contributed by atoms with E-state index in [-0.39, 0.29) is 12.5 Å². The first-order valence-electron chi connectivity index (χ1n) is 9.31. The molecule has 2 rings (SSSR count). The van der Waals surface area contributed by atoms with Gasteiger partial charge in [-0.25, -0.2) is 0 Å². The van der Waals surface area contributed by atoms with Crippen molar-refractivity contribution in [1.82, 2.24) is 9.80 Å². The molecule has 1 amide bonds. The Morgan fingerprint density at radius 1 is 1.14 bits per heavy atom. The maximum absolute atomic E-state index is 12.7. The second-order valence-electron chi connectivity index (χ2n) is 6.45. The number of piperazine rings is 1. The van der Waals surface area contributed by atoms with E-state index in [0.29, 0.717) is 62.8 Å². The van der Waals surface area contributed by atoms with E-state index in [1.54, 1.807) is 30.2 Å². The minimum absolute atomic E-state index is 0.0724.